The normalized spacial score (nSPS) is 20.0. The van der Waals surface area contributed by atoms with Crippen molar-refractivity contribution in [2.45, 2.75) is 18.2 Å². The molecule has 1 atom stereocenters. The molecule has 18 heavy (non-hydrogen) atoms. The zero-order chi connectivity index (χ0) is 13.2. The van der Waals surface area contributed by atoms with Gasteiger partial charge in [0.15, 0.2) is 0 Å². The second kappa shape index (κ2) is 5.26. The maximum atomic E-state index is 11.4. The van der Waals surface area contributed by atoms with Gasteiger partial charge in [0.05, 0.1) is 11.5 Å². The first-order chi connectivity index (χ1) is 8.48. The fourth-order valence-corrected chi connectivity index (χ4v) is 2.92. The Morgan fingerprint density at radius 3 is 2.89 bits per heavy atom. The van der Waals surface area contributed by atoms with Crippen molar-refractivity contribution >= 4 is 15.7 Å². The van der Waals surface area contributed by atoms with Gasteiger partial charge in [0.2, 0.25) is 10.0 Å². The molecule has 100 valence electrons. The van der Waals surface area contributed by atoms with E-state index in [2.05, 4.69) is 5.32 Å². The van der Waals surface area contributed by atoms with Crippen LogP contribution in [-0.2, 0) is 14.8 Å². The summed E-state index contributed by atoms with van der Waals surface area (Å²) >= 11 is 0. The number of anilines is 1. The highest BCUT2D eigenvalue weighted by atomic mass is 32.2. The summed E-state index contributed by atoms with van der Waals surface area (Å²) in [6, 6.07) is 5.08. The molecule has 1 unspecified atom stereocenters. The Hall–Kier alpha value is -1.11. The molecule has 1 aliphatic rings. The number of nitrogens with two attached hydrogens (primary N) is 1. The van der Waals surface area contributed by atoms with Crippen molar-refractivity contribution < 1.29 is 13.2 Å². The van der Waals surface area contributed by atoms with Crippen LogP contribution >= 0.6 is 0 Å². The van der Waals surface area contributed by atoms with Gasteiger partial charge >= 0.3 is 0 Å². The van der Waals surface area contributed by atoms with Crippen LogP contribution < -0.4 is 10.5 Å². The molecule has 1 saturated heterocycles. The summed E-state index contributed by atoms with van der Waals surface area (Å²) in [5, 5.41) is 8.44. The van der Waals surface area contributed by atoms with Gasteiger partial charge in [0.1, 0.15) is 0 Å². The SMILES string of the molecule is Cc1c(NCC2CCOC2)cccc1S(N)(=O)=O. The maximum Gasteiger partial charge on any atom is 0.238 e. The fraction of sp³-hybridized carbons (Fsp3) is 0.500. The quantitative estimate of drug-likeness (QED) is 0.858. The standard InChI is InChI=1S/C12H18N2O3S/c1-9-11(14-7-10-5-6-17-8-10)3-2-4-12(9)18(13,15)16/h2-4,10,14H,5-8H2,1H3,(H2,13,15,16). The highest BCUT2D eigenvalue weighted by Gasteiger charge is 2.17. The van der Waals surface area contributed by atoms with Crippen molar-refractivity contribution in [3.63, 3.8) is 0 Å². The number of nitrogens with one attached hydrogen (secondary N) is 1. The largest absolute Gasteiger partial charge is 0.384 e. The lowest BCUT2D eigenvalue weighted by atomic mass is 10.1. The summed E-state index contributed by atoms with van der Waals surface area (Å²) in [7, 11) is -3.66. The van der Waals surface area contributed by atoms with Crippen molar-refractivity contribution in [2.75, 3.05) is 25.1 Å². The van der Waals surface area contributed by atoms with Gasteiger partial charge in [-0.25, -0.2) is 13.6 Å². The first-order valence-electron chi connectivity index (χ1n) is 5.92. The van der Waals surface area contributed by atoms with Gasteiger partial charge in [0, 0.05) is 24.8 Å². The number of hydrogen-bond donors (Lipinski definition) is 2. The summed E-state index contributed by atoms with van der Waals surface area (Å²) < 4.78 is 28.1. The molecule has 0 spiro atoms. The van der Waals surface area contributed by atoms with Crippen LogP contribution in [-0.4, -0.2) is 28.2 Å². The molecule has 1 aromatic rings. The fourth-order valence-electron chi connectivity index (χ4n) is 2.11. The van der Waals surface area contributed by atoms with Gasteiger partial charge < -0.3 is 10.1 Å². The van der Waals surface area contributed by atoms with Crippen molar-refractivity contribution in [3.8, 4) is 0 Å². The Labute approximate surface area is 107 Å². The first-order valence-corrected chi connectivity index (χ1v) is 7.47. The summed E-state index contributed by atoms with van der Waals surface area (Å²) in [5.41, 5.74) is 1.48. The Morgan fingerprint density at radius 1 is 1.50 bits per heavy atom. The van der Waals surface area contributed by atoms with E-state index in [1.54, 1.807) is 13.0 Å². The van der Waals surface area contributed by atoms with Crippen LogP contribution in [0.5, 0.6) is 0 Å². The van der Waals surface area contributed by atoms with Crippen molar-refractivity contribution in [1.29, 1.82) is 0 Å². The van der Waals surface area contributed by atoms with E-state index in [0.29, 0.717) is 11.5 Å². The average Bonchev–Trinajstić information content (AvgIpc) is 2.79. The van der Waals surface area contributed by atoms with E-state index >= 15 is 0 Å². The highest BCUT2D eigenvalue weighted by molar-refractivity contribution is 7.89. The molecule has 5 nitrogen and oxygen atoms in total. The zero-order valence-corrected chi connectivity index (χ0v) is 11.2. The topological polar surface area (TPSA) is 81.4 Å². The zero-order valence-electron chi connectivity index (χ0n) is 10.3. The van der Waals surface area contributed by atoms with E-state index < -0.39 is 10.0 Å². The molecule has 1 aromatic carbocycles. The lowest BCUT2D eigenvalue weighted by molar-refractivity contribution is 0.187. The van der Waals surface area contributed by atoms with E-state index in [-0.39, 0.29) is 4.90 Å². The lowest BCUT2D eigenvalue weighted by Gasteiger charge is -2.14. The monoisotopic (exact) mass is 270 g/mol. The molecule has 0 radical (unpaired) electrons. The Bertz CT molecular complexity index is 522. The third-order valence-electron chi connectivity index (χ3n) is 3.20. The summed E-state index contributed by atoms with van der Waals surface area (Å²) in [6.07, 6.45) is 1.04. The number of rotatable bonds is 4. The number of primary sulfonamides is 1. The van der Waals surface area contributed by atoms with Crippen LogP contribution in [0, 0.1) is 12.8 Å². The van der Waals surface area contributed by atoms with E-state index in [1.807, 2.05) is 6.07 Å². The predicted octanol–water partition coefficient (Wildman–Crippen LogP) is 1.09. The van der Waals surface area contributed by atoms with E-state index in [9.17, 15) is 8.42 Å². The summed E-state index contributed by atoms with van der Waals surface area (Å²) in [6.45, 7) is 4.12. The summed E-state index contributed by atoms with van der Waals surface area (Å²) in [5.74, 6) is 0.488. The molecule has 0 saturated carbocycles. The minimum absolute atomic E-state index is 0.176. The van der Waals surface area contributed by atoms with Gasteiger partial charge in [-0.3, -0.25) is 0 Å². The van der Waals surface area contributed by atoms with E-state index in [4.69, 9.17) is 9.88 Å². The minimum Gasteiger partial charge on any atom is -0.384 e. The van der Waals surface area contributed by atoms with Crippen LogP contribution in [0.1, 0.15) is 12.0 Å². The molecule has 6 heteroatoms. The van der Waals surface area contributed by atoms with Crippen LogP contribution in [0.15, 0.2) is 23.1 Å². The molecule has 1 fully saturated rings. The molecule has 0 aromatic heterocycles. The summed E-state index contributed by atoms with van der Waals surface area (Å²) in [4.78, 5) is 0.176. The molecule has 0 bridgehead atoms. The molecule has 0 amide bonds. The van der Waals surface area contributed by atoms with Gasteiger partial charge in [0.25, 0.3) is 0 Å². The average molecular weight is 270 g/mol. The van der Waals surface area contributed by atoms with Crippen LogP contribution in [0.4, 0.5) is 5.69 Å². The molecule has 1 heterocycles. The van der Waals surface area contributed by atoms with E-state index in [1.165, 1.54) is 6.07 Å². The number of sulfonamides is 1. The second-order valence-electron chi connectivity index (χ2n) is 4.58. The van der Waals surface area contributed by atoms with Crippen LogP contribution in [0.2, 0.25) is 0 Å². The van der Waals surface area contributed by atoms with Crippen molar-refractivity contribution in [1.82, 2.24) is 0 Å². The van der Waals surface area contributed by atoms with Crippen molar-refractivity contribution in [2.24, 2.45) is 11.1 Å². The second-order valence-corrected chi connectivity index (χ2v) is 6.11. The third-order valence-corrected chi connectivity index (χ3v) is 4.25. The minimum atomic E-state index is -3.66. The van der Waals surface area contributed by atoms with Gasteiger partial charge in [-0.2, -0.15) is 0 Å². The van der Waals surface area contributed by atoms with Gasteiger partial charge in [-0.1, -0.05) is 6.07 Å². The maximum absolute atomic E-state index is 11.4. The number of hydrogen-bond acceptors (Lipinski definition) is 4. The van der Waals surface area contributed by atoms with Gasteiger partial charge in [-0.15, -0.1) is 0 Å². The van der Waals surface area contributed by atoms with Crippen LogP contribution in [0.3, 0.4) is 0 Å². The molecule has 3 N–H and O–H groups in total. The smallest absolute Gasteiger partial charge is 0.238 e. The number of ether oxygens (including phenoxy) is 1. The third kappa shape index (κ3) is 3.01. The molecule has 2 rings (SSSR count). The molecule has 0 aliphatic carbocycles. The Morgan fingerprint density at radius 2 is 2.28 bits per heavy atom. The number of benzene rings is 1. The van der Waals surface area contributed by atoms with Crippen molar-refractivity contribution in [3.05, 3.63) is 23.8 Å². The molecular weight excluding hydrogens is 252 g/mol. The Balaban J connectivity index is 2.13. The van der Waals surface area contributed by atoms with E-state index in [0.717, 1.165) is 31.9 Å². The van der Waals surface area contributed by atoms with Gasteiger partial charge in [-0.05, 0) is 31.0 Å². The first kappa shape index (κ1) is 13.3. The molecular formula is C12H18N2O3S. The highest BCUT2D eigenvalue weighted by Crippen LogP contribution is 2.23. The lowest BCUT2D eigenvalue weighted by Crippen LogP contribution is -2.17. The van der Waals surface area contributed by atoms with Crippen LogP contribution in [0.25, 0.3) is 0 Å². The predicted molar refractivity (Wildman–Crippen MR) is 70.0 cm³/mol. The Kier molecular flexibility index (Phi) is 3.89. The molecule has 1 aliphatic heterocycles.